The Kier molecular flexibility index (Phi) is 8.21. The number of imide groups is 1. The quantitative estimate of drug-likeness (QED) is 0.166. The molecule has 0 radical (unpaired) electrons. The maximum absolute atomic E-state index is 14.8. The van der Waals surface area contributed by atoms with E-state index in [1.165, 1.54) is 4.90 Å². The minimum atomic E-state index is -0.358. The summed E-state index contributed by atoms with van der Waals surface area (Å²) in [5.41, 5.74) is 8.37. The molecule has 57 heavy (non-hydrogen) atoms. The molecule has 1 aliphatic rings. The number of nitrogens with zero attached hydrogens (tertiary/aromatic N) is 4. The minimum absolute atomic E-state index is 0.343. The second kappa shape index (κ2) is 13.0. The highest BCUT2D eigenvalue weighted by molar-refractivity contribution is 9.11. The Bertz CT molecular complexity index is 3330. The zero-order valence-electron chi connectivity index (χ0n) is 29.3. The van der Waals surface area contributed by atoms with Gasteiger partial charge in [-0.3, -0.25) is 14.5 Å². The van der Waals surface area contributed by atoms with Crippen molar-refractivity contribution in [2.45, 2.75) is 0 Å². The summed E-state index contributed by atoms with van der Waals surface area (Å²) in [6, 6.07) is 39.5. The van der Waals surface area contributed by atoms with Crippen LogP contribution in [0.1, 0.15) is 20.7 Å². The summed E-state index contributed by atoms with van der Waals surface area (Å²) in [7, 11) is 1.57. The van der Waals surface area contributed by atoms with Gasteiger partial charge in [0.25, 0.3) is 11.8 Å². The summed E-state index contributed by atoms with van der Waals surface area (Å²) >= 11 is 22.5. The van der Waals surface area contributed by atoms with E-state index in [0.717, 1.165) is 104 Å². The molecule has 2 amide bonds. The maximum atomic E-state index is 14.8. The maximum Gasteiger partial charge on any atom is 0.263 e. The molecule has 276 valence electrons. The number of benzene rings is 7. The lowest BCUT2D eigenvalue weighted by Crippen LogP contribution is -2.24. The topological polar surface area (TPSA) is 52.2 Å². The van der Waals surface area contributed by atoms with E-state index in [2.05, 4.69) is 182 Å². The number of hydrogen-bond acceptors (Lipinski definition) is 2. The molecule has 0 aliphatic carbocycles. The molecule has 0 fully saturated rings. The molecule has 1 aliphatic heterocycles. The average molecular weight is 1130 g/mol. The molecule has 0 N–H and O–H groups in total. The van der Waals surface area contributed by atoms with Crippen LogP contribution < -0.4 is 0 Å². The van der Waals surface area contributed by atoms with Crippen LogP contribution in [0, 0.1) is 0 Å². The highest BCUT2D eigenvalue weighted by Crippen LogP contribution is 2.48. The number of hydrogen-bond donors (Lipinski definition) is 0. The Balaban J connectivity index is 1.46. The van der Waals surface area contributed by atoms with Gasteiger partial charge in [0.2, 0.25) is 0 Å². The molecule has 4 heterocycles. The third kappa shape index (κ3) is 5.20. The molecule has 0 atom stereocenters. The fraction of sp³-hybridized carbons (Fsp3) is 0.0222. The predicted octanol–water partition coefficient (Wildman–Crippen LogP) is 14.8. The van der Waals surface area contributed by atoms with Gasteiger partial charge in [0, 0.05) is 66.2 Å². The molecular formula is C45H22Br6N4O2. The first-order valence-corrected chi connectivity index (χ1v) is 22.5. The lowest BCUT2D eigenvalue weighted by molar-refractivity contribution is 0.0693. The summed E-state index contributed by atoms with van der Waals surface area (Å²) in [4.78, 5) is 30.4. The second-order valence-corrected chi connectivity index (χ2v) is 19.7. The number of fused-ring (bicyclic) bond motifs is 10. The molecule has 0 saturated carbocycles. The van der Waals surface area contributed by atoms with Gasteiger partial charge in [-0.05, 0) is 115 Å². The molecule has 6 nitrogen and oxygen atoms in total. The van der Waals surface area contributed by atoms with E-state index in [-0.39, 0.29) is 11.8 Å². The van der Waals surface area contributed by atoms with Gasteiger partial charge in [-0.25, -0.2) is 0 Å². The second-order valence-electron chi connectivity index (χ2n) is 14.2. The number of aromatic nitrogens is 3. The van der Waals surface area contributed by atoms with Crippen LogP contribution in [0.3, 0.4) is 0 Å². The van der Waals surface area contributed by atoms with Crippen LogP contribution in [0.5, 0.6) is 0 Å². The van der Waals surface area contributed by atoms with Crippen molar-refractivity contribution in [1.82, 2.24) is 18.6 Å². The van der Waals surface area contributed by atoms with Crippen molar-refractivity contribution >= 4 is 173 Å². The first kappa shape index (κ1) is 36.1. The molecular weight excluding hydrogens is 1110 g/mol. The predicted molar refractivity (Wildman–Crippen MR) is 252 cm³/mol. The molecule has 11 rings (SSSR count). The molecule has 0 spiro atoms. The molecule has 10 aromatic rings. The molecule has 12 heteroatoms. The van der Waals surface area contributed by atoms with E-state index in [9.17, 15) is 9.59 Å². The highest BCUT2D eigenvalue weighted by Gasteiger charge is 2.40. The molecule has 0 unspecified atom stereocenters. The Morgan fingerprint density at radius 1 is 0.368 bits per heavy atom. The van der Waals surface area contributed by atoms with Crippen LogP contribution in [0.15, 0.2) is 142 Å². The van der Waals surface area contributed by atoms with Crippen molar-refractivity contribution in [2.75, 3.05) is 7.05 Å². The van der Waals surface area contributed by atoms with E-state index in [1.807, 2.05) is 42.5 Å². The zero-order chi connectivity index (χ0) is 39.2. The lowest BCUT2D eigenvalue weighted by atomic mass is 10.0. The monoisotopic (exact) mass is 1120 g/mol. The molecule has 7 aromatic carbocycles. The molecule has 0 bridgehead atoms. The third-order valence-corrected chi connectivity index (χ3v) is 14.0. The van der Waals surface area contributed by atoms with E-state index in [4.69, 9.17) is 0 Å². The zero-order valence-corrected chi connectivity index (χ0v) is 38.9. The Labute approximate surface area is 374 Å². The smallest absolute Gasteiger partial charge is 0.263 e. The van der Waals surface area contributed by atoms with E-state index in [0.29, 0.717) is 16.8 Å². The number of carbonyl (C=O) groups is 2. The summed E-state index contributed by atoms with van der Waals surface area (Å²) < 4.78 is 12.4. The van der Waals surface area contributed by atoms with Gasteiger partial charge in [-0.1, -0.05) is 95.6 Å². The van der Waals surface area contributed by atoms with Crippen molar-refractivity contribution in [1.29, 1.82) is 0 Å². The number of halogens is 6. The van der Waals surface area contributed by atoms with Gasteiger partial charge in [-0.2, -0.15) is 0 Å². The average Bonchev–Trinajstić information content (AvgIpc) is 3.85. The Morgan fingerprint density at radius 2 is 0.667 bits per heavy atom. The van der Waals surface area contributed by atoms with Gasteiger partial charge in [0.1, 0.15) is 0 Å². The van der Waals surface area contributed by atoms with Gasteiger partial charge in [0.05, 0.1) is 61.3 Å². The summed E-state index contributed by atoms with van der Waals surface area (Å²) in [6.07, 6.45) is 0. The van der Waals surface area contributed by atoms with Crippen molar-refractivity contribution in [3.8, 4) is 17.1 Å². The van der Waals surface area contributed by atoms with E-state index >= 15 is 0 Å². The van der Waals surface area contributed by atoms with Gasteiger partial charge in [0.15, 0.2) is 0 Å². The van der Waals surface area contributed by atoms with Crippen LogP contribution in [0.4, 0.5) is 0 Å². The van der Waals surface area contributed by atoms with Crippen LogP contribution in [0.2, 0.25) is 0 Å². The first-order valence-electron chi connectivity index (χ1n) is 17.7. The van der Waals surface area contributed by atoms with Crippen molar-refractivity contribution in [3.63, 3.8) is 0 Å². The normalized spacial score (nSPS) is 13.2. The largest absolute Gasteiger partial charge is 0.307 e. The SMILES string of the molecule is CN1C(=O)c2cc(-n3c4ccc(Br)cc4c4cc(Br)ccc43)c(-n3c4ccc(Br)cc4c4cc(Br)ccc43)c(-n3c4ccc(Br)cc4c4cc(Br)ccc43)c2C1=O. The van der Waals surface area contributed by atoms with Crippen LogP contribution in [0.25, 0.3) is 82.5 Å². The fourth-order valence-corrected chi connectivity index (χ4v) is 10.9. The van der Waals surface area contributed by atoms with E-state index in [1.54, 1.807) is 7.05 Å². The van der Waals surface area contributed by atoms with Crippen LogP contribution >= 0.6 is 95.6 Å². The summed E-state index contributed by atoms with van der Waals surface area (Å²) in [6.45, 7) is 0. The third-order valence-electron chi connectivity index (χ3n) is 11.1. The van der Waals surface area contributed by atoms with E-state index < -0.39 is 0 Å². The summed E-state index contributed by atoms with van der Waals surface area (Å²) in [5.74, 6) is -0.708. The van der Waals surface area contributed by atoms with Crippen LogP contribution in [-0.4, -0.2) is 37.5 Å². The van der Waals surface area contributed by atoms with Gasteiger partial charge in [-0.15, -0.1) is 0 Å². The van der Waals surface area contributed by atoms with Crippen molar-refractivity contribution < 1.29 is 9.59 Å². The highest BCUT2D eigenvalue weighted by atomic mass is 79.9. The summed E-state index contributed by atoms with van der Waals surface area (Å²) in [5, 5.41) is 6.13. The minimum Gasteiger partial charge on any atom is -0.307 e. The number of amides is 2. The molecule has 0 saturated heterocycles. The van der Waals surface area contributed by atoms with Gasteiger partial charge < -0.3 is 13.7 Å². The Morgan fingerprint density at radius 3 is 1.00 bits per heavy atom. The van der Waals surface area contributed by atoms with Crippen molar-refractivity contribution in [2.24, 2.45) is 0 Å². The number of carbonyl (C=O) groups excluding carboxylic acids is 2. The van der Waals surface area contributed by atoms with Gasteiger partial charge >= 0.3 is 0 Å². The van der Waals surface area contributed by atoms with Crippen LogP contribution in [-0.2, 0) is 0 Å². The number of rotatable bonds is 3. The lowest BCUT2D eigenvalue weighted by Gasteiger charge is -2.24. The van der Waals surface area contributed by atoms with Crippen molar-refractivity contribution in [3.05, 3.63) is 153 Å². The Hall–Kier alpha value is -4.04. The molecule has 3 aromatic heterocycles. The standard InChI is InChI=1S/C45H22Br6N4O2/c1-52-44(56)33-20-40(53-34-8-2-21(46)14-27(34)28-15-22(47)3-9-35(28)53)42(54-36-10-4-23(48)16-29(36)30-17-24(49)5-11-37(30)54)43(41(33)45(52)57)55-38-12-6-25(50)18-31(38)32-19-26(51)7-13-39(32)55/h2-20H,1H3. The fourth-order valence-electron chi connectivity index (χ4n) is 8.72. The first-order chi connectivity index (χ1) is 27.5.